The third kappa shape index (κ3) is 3.15. The van der Waals surface area contributed by atoms with Crippen LogP contribution in [0.15, 0.2) is 0 Å². The van der Waals surface area contributed by atoms with Gasteiger partial charge < -0.3 is 9.84 Å². The van der Waals surface area contributed by atoms with E-state index in [1.54, 1.807) is 0 Å². The van der Waals surface area contributed by atoms with Gasteiger partial charge in [0.15, 0.2) is 0 Å². The summed E-state index contributed by atoms with van der Waals surface area (Å²) in [5.41, 5.74) is -0.0510. The Balaban J connectivity index is 1.52. The SMILES string of the molecule is CC[C@H](C)C(=O)OC[C@H]1C[C@@]23CC[C@H]4[C@@](C)(CCC[C@@]4(C)C(=O)O)[C@@H]2CC[C@@H]1C3. The van der Waals surface area contributed by atoms with E-state index in [2.05, 4.69) is 6.92 Å². The highest BCUT2D eigenvalue weighted by molar-refractivity contribution is 5.75. The topological polar surface area (TPSA) is 63.6 Å². The molecule has 0 saturated heterocycles. The molecular weight excluding hydrogens is 364 g/mol. The molecule has 0 radical (unpaired) electrons. The van der Waals surface area contributed by atoms with E-state index in [1.807, 2.05) is 20.8 Å². The van der Waals surface area contributed by atoms with Gasteiger partial charge in [-0.3, -0.25) is 9.59 Å². The Labute approximate surface area is 176 Å². The molecule has 4 aliphatic carbocycles. The molecule has 1 N–H and O–H groups in total. The highest BCUT2D eigenvalue weighted by Crippen LogP contribution is 2.72. The summed E-state index contributed by atoms with van der Waals surface area (Å²) in [4.78, 5) is 24.4. The van der Waals surface area contributed by atoms with Crippen LogP contribution in [0.25, 0.3) is 0 Å². The van der Waals surface area contributed by atoms with Gasteiger partial charge in [-0.15, -0.1) is 0 Å². The first-order chi connectivity index (χ1) is 13.7. The fourth-order valence-corrected chi connectivity index (χ4v) is 8.54. The number of fused-ring (bicyclic) bond motifs is 3. The Bertz CT molecular complexity index is 674. The van der Waals surface area contributed by atoms with Gasteiger partial charge in [0.05, 0.1) is 17.9 Å². The van der Waals surface area contributed by atoms with Gasteiger partial charge in [0.1, 0.15) is 0 Å². The van der Waals surface area contributed by atoms with Gasteiger partial charge in [-0.1, -0.05) is 27.2 Å². The number of carbonyl (C=O) groups excluding carboxylic acids is 1. The number of carboxylic acids is 1. The number of aliphatic carboxylic acids is 1. The zero-order valence-electron chi connectivity index (χ0n) is 18.8. The van der Waals surface area contributed by atoms with E-state index in [4.69, 9.17) is 4.74 Å². The van der Waals surface area contributed by atoms with Gasteiger partial charge in [-0.2, -0.15) is 0 Å². The minimum absolute atomic E-state index is 0.00743. The molecule has 0 amide bonds. The lowest BCUT2D eigenvalue weighted by Gasteiger charge is -2.63. The van der Waals surface area contributed by atoms with Crippen LogP contribution in [0.4, 0.5) is 0 Å². The van der Waals surface area contributed by atoms with Crippen molar-refractivity contribution in [1.29, 1.82) is 0 Å². The van der Waals surface area contributed by atoms with Crippen molar-refractivity contribution in [3.63, 3.8) is 0 Å². The Kier molecular flexibility index (Phi) is 5.31. The number of hydrogen-bond donors (Lipinski definition) is 1. The molecular formula is C25H40O4. The number of carboxylic acid groups (broad SMARTS) is 1. The first-order valence-corrected chi connectivity index (χ1v) is 12.1. The smallest absolute Gasteiger partial charge is 0.309 e. The quantitative estimate of drug-likeness (QED) is 0.598. The second-order valence-corrected chi connectivity index (χ2v) is 11.5. The van der Waals surface area contributed by atoms with Crippen LogP contribution in [-0.4, -0.2) is 23.7 Å². The fraction of sp³-hybridized carbons (Fsp3) is 0.920. The van der Waals surface area contributed by atoms with Gasteiger partial charge in [0.2, 0.25) is 0 Å². The summed E-state index contributed by atoms with van der Waals surface area (Å²) in [5, 5.41) is 10.1. The third-order valence-electron chi connectivity index (χ3n) is 10.2. The molecule has 0 aromatic heterocycles. The molecule has 2 bridgehead atoms. The average molecular weight is 405 g/mol. The lowest BCUT2D eigenvalue weighted by atomic mass is 9.41. The molecule has 0 aliphatic heterocycles. The largest absolute Gasteiger partial charge is 0.481 e. The Morgan fingerprint density at radius 2 is 1.83 bits per heavy atom. The summed E-state index contributed by atoms with van der Waals surface area (Å²) in [6.45, 7) is 9.03. The van der Waals surface area contributed by atoms with Crippen molar-refractivity contribution in [2.24, 2.45) is 45.8 Å². The average Bonchev–Trinajstić information content (AvgIpc) is 2.94. The van der Waals surface area contributed by atoms with Crippen LogP contribution in [0.5, 0.6) is 0 Å². The summed E-state index contributed by atoms with van der Waals surface area (Å²) in [6, 6.07) is 0. The number of rotatable bonds is 5. The first kappa shape index (κ1) is 21.2. The summed E-state index contributed by atoms with van der Waals surface area (Å²) in [7, 11) is 0. The molecule has 0 unspecified atom stereocenters. The molecule has 0 aromatic carbocycles. The van der Waals surface area contributed by atoms with E-state index < -0.39 is 11.4 Å². The summed E-state index contributed by atoms with van der Waals surface area (Å²) in [5.74, 6) is 1.50. The van der Waals surface area contributed by atoms with E-state index in [0.717, 1.165) is 25.7 Å². The van der Waals surface area contributed by atoms with E-state index in [-0.39, 0.29) is 17.3 Å². The molecule has 4 saturated carbocycles. The normalized spacial score (nSPS) is 47.0. The molecule has 4 heteroatoms. The highest BCUT2D eigenvalue weighted by atomic mass is 16.5. The molecule has 164 valence electrons. The standard InChI is InChI=1S/C25H40O4/c1-5-16(2)21(26)29-15-18-14-25-12-9-19-23(3,20(25)8-7-17(18)13-25)10-6-11-24(19,4)22(27)28/h16-20H,5-15H2,1-4H3,(H,27,28)/t16-,17+,18+,19-,20-,23+,24+,25-/m0/s1. The van der Waals surface area contributed by atoms with Gasteiger partial charge in [0.25, 0.3) is 0 Å². The monoisotopic (exact) mass is 404 g/mol. The van der Waals surface area contributed by atoms with Crippen molar-refractivity contribution in [1.82, 2.24) is 0 Å². The first-order valence-electron chi connectivity index (χ1n) is 12.1. The second-order valence-electron chi connectivity index (χ2n) is 11.5. The van der Waals surface area contributed by atoms with Crippen LogP contribution < -0.4 is 0 Å². The highest BCUT2D eigenvalue weighted by Gasteiger charge is 2.65. The lowest BCUT2D eigenvalue weighted by molar-refractivity contribution is -0.181. The lowest BCUT2D eigenvalue weighted by Crippen LogP contribution is -2.58. The number of carbonyl (C=O) groups is 2. The number of esters is 1. The molecule has 4 aliphatic rings. The van der Waals surface area contributed by atoms with Crippen LogP contribution in [0.1, 0.15) is 91.9 Å². The second kappa shape index (κ2) is 7.27. The van der Waals surface area contributed by atoms with Gasteiger partial charge in [-0.25, -0.2) is 0 Å². The Hall–Kier alpha value is -1.06. The van der Waals surface area contributed by atoms with Crippen LogP contribution >= 0.6 is 0 Å². The van der Waals surface area contributed by atoms with Crippen molar-refractivity contribution in [2.75, 3.05) is 6.61 Å². The number of ether oxygens (including phenoxy) is 1. The molecule has 4 fully saturated rings. The van der Waals surface area contributed by atoms with Crippen molar-refractivity contribution in [3.05, 3.63) is 0 Å². The van der Waals surface area contributed by atoms with Crippen molar-refractivity contribution in [3.8, 4) is 0 Å². The van der Waals surface area contributed by atoms with Gasteiger partial charge in [-0.05, 0) is 99.2 Å². The minimum atomic E-state index is -0.584. The van der Waals surface area contributed by atoms with Crippen LogP contribution in [0.3, 0.4) is 0 Å². The summed E-state index contributed by atoms with van der Waals surface area (Å²) >= 11 is 0. The third-order valence-corrected chi connectivity index (χ3v) is 10.2. The molecule has 4 rings (SSSR count). The predicted octanol–water partition coefficient (Wildman–Crippen LogP) is 5.69. The Morgan fingerprint density at radius 1 is 1.07 bits per heavy atom. The maximum Gasteiger partial charge on any atom is 0.309 e. The van der Waals surface area contributed by atoms with E-state index >= 15 is 0 Å². The van der Waals surface area contributed by atoms with Crippen molar-refractivity contribution >= 4 is 11.9 Å². The maximum absolute atomic E-state index is 12.2. The van der Waals surface area contributed by atoms with E-state index in [9.17, 15) is 14.7 Å². The summed E-state index contributed by atoms with van der Waals surface area (Å²) in [6.07, 6.45) is 11.0. The van der Waals surface area contributed by atoms with Crippen molar-refractivity contribution in [2.45, 2.75) is 91.9 Å². The molecule has 0 aromatic rings. The fourth-order valence-electron chi connectivity index (χ4n) is 8.54. The van der Waals surface area contributed by atoms with E-state index in [0.29, 0.717) is 35.7 Å². The van der Waals surface area contributed by atoms with Gasteiger partial charge in [0, 0.05) is 0 Å². The maximum atomic E-state index is 12.2. The molecule has 8 atom stereocenters. The van der Waals surface area contributed by atoms with Crippen LogP contribution in [-0.2, 0) is 14.3 Å². The van der Waals surface area contributed by atoms with Crippen LogP contribution in [0, 0.1) is 45.8 Å². The number of hydrogen-bond acceptors (Lipinski definition) is 3. The molecule has 0 heterocycles. The van der Waals surface area contributed by atoms with Crippen LogP contribution in [0.2, 0.25) is 0 Å². The van der Waals surface area contributed by atoms with Gasteiger partial charge >= 0.3 is 11.9 Å². The predicted molar refractivity (Wildman–Crippen MR) is 112 cm³/mol. The van der Waals surface area contributed by atoms with E-state index in [1.165, 1.54) is 38.5 Å². The zero-order chi connectivity index (χ0) is 21.0. The van der Waals surface area contributed by atoms with Crippen molar-refractivity contribution < 1.29 is 19.4 Å². The molecule has 4 nitrogen and oxygen atoms in total. The zero-order valence-corrected chi connectivity index (χ0v) is 18.8. The summed E-state index contributed by atoms with van der Waals surface area (Å²) < 4.78 is 5.74. The molecule has 1 spiro atoms. The Morgan fingerprint density at radius 3 is 2.52 bits per heavy atom. The molecule has 29 heavy (non-hydrogen) atoms. The minimum Gasteiger partial charge on any atom is -0.481 e.